The summed E-state index contributed by atoms with van der Waals surface area (Å²) < 4.78 is 0. The normalized spacial score (nSPS) is 14.2. The molecule has 2 aromatic heterocycles. The van der Waals surface area contributed by atoms with Crippen molar-refractivity contribution in [3.63, 3.8) is 0 Å². The third-order valence-corrected chi connectivity index (χ3v) is 5.38. The summed E-state index contributed by atoms with van der Waals surface area (Å²) >= 11 is 0. The molecule has 0 bridgehead atoms. The maximum atomic E-state index is 11.2. The number of hydrogen-bond donors (Lipinski definition) is 2. The molecule has 0 amide bonds. The monoisotopic (exact) mass is 382 g/mol. The van der Waals surface area contributed by atoms with Crippen LogP contribution in [0.4, 0.5) is 5.82 Å². The van der Waals surface area contributed by atoms with E-state index in [1.54, 1.807) is 12.4 Å². The molecule has 2 N–H and O–H groups in total. The number of fused-ring (bicyclic) bond motifs is 1. The Kier molecular flexibility index (Phi) is 7.34. The predicted octanol–water partition coefficient (Wildman–Crippen LogP) is 4.29. The average Bonchev–Trinajstić information content (AvgIpc) is 2.70. The number of carbonyl (C=O) groups is 1. The van der Waals surface area contributed by atoms with E-state index in [1.807, 2.05) is 6.92 Å². The largest absolute Gasteiger partial charge is 0.481 e. The number of carboxylic acid groups (broad SMARTS) is 1. The number of aliphatic carboxylic acids is 1. The number of hydrogen-bond acceptors (Lipinski definition) is 5. The topological polar surface area (TPSA) is 88.0 Å². The van der Waals surface area contributed by atoms with E-state index in [1.165, 1.54) is 12.0 Å². The molecule has 1 atom stereocenters. The Hall–Kier alpha value is -2.50. The van der Waals surface area contributed by atoms with E-state index >= 15 is 0 Å². The van der Waals surface area contributed by atoms with E-state index in [-0.39, 0.29) is 12.3 Å². The Bertz CT molecular complexity index is 777. The van der Waals surface area contributed by atoms with E-state index in [4.69, 9.17) is 4.98 Å². The first-order chi connectivity index (χ1) is 13.6. The summed E-state index contributed by atoms with van der Waals surface area (Å²) in [6.07, 6.45) is 12.2. The Morgan fingerprint density at radius 2 is 1.96 bits per heavy atom. The highest BCUT2D eigenvalue weighted by atomic mass is 16.4. The van der Waals surface area contributed by atoms with Gasteiger partial charge in [-0.15, -0.1) is 0 Å². The molecule has 0 aromatic carbocycles. The van der Waals surface area contributed by atoms with Crippen molar-refractivity contribution in [3.8, 4) is 0 Å². The van der Waals surface area contributed by atoms with E-state index < -0.39 is 5.97 Å². The van der Waals surface area contributed by atoms with Gasteiger partial charge in [-0.25, -0.2) is 15.0 Å². The van der Waals surface area contributed by atoms with Crippen molar-refractivity contribution in [3.05, 3.63) is 47.2 Å². The highest BCUT2D eigenvalue weighted by Crippen LogP contribution is 2.26. The average molecular weight is 383 g/mol. The maximum Gasteiger partial charge on any atom is 0.303 e. The van der Waals surface area contributed by atoms with Crippen LogP contribution in [0.2, 0.25) is 0 Å². The number of aryl methyl sites for hydroxylation is 3. The first-order valence-electron chi connectivity index (χ1n) is 10.3. The molecule has 3 heterocycles. The zero-order valence-electron chi connectivity index (χ0n) is 16.7. The number of aromatic nitrogens is 3. The number of nitrogens with zero attached hydrogens (tertiary/aromatic N) is 3. The number of unbranched alkanes of at least 4 members (excludes halogenated alkanes) is 3. The van der Waals surface area contributed by atoms with Crippen LogP contribution in [-0.4, -0.2) is 32.6 Å². The van der Waals surface area contributed by atoms with Gasteiger partial charge in [0.1, 0.15) is 11.6 Å². The van der Waals surface area contributed by atoms with E-state index in [2.05, 4.69) is 27.4 Å². The minimum absolute atomic E-state index is 0.00788. The molecule has 0 radical (unpaired) electrons. The molecule has 2 aromatic rings. The molecule has 0 saturated heterocycles. The zero-order valence-corrected chi connectivity index (χ0v) is 16.7. The van der Waals surface area contributed by atoms with Gasteiger partial charge in [0.2, 0.25) is 0 Å². The Labute approximate surface area is 166 Å². The third-order valence-electron chi connectivity index (χ3n) is 5.38. The Balaban J connectivity index is 1.40. The summed E-state index contributed by atoms with van der Waals surface area (Å²) in [6.45, 7) is 2.86. The van der Waals surface area contributed by atoms with Crippen molar-refractivity contribution >= 4 is 11.8 Å². The molecular formula is C22H30N4O2. The molecule has 0 spiro atoms. The fourth-order valence-electron chi connectivity index (χ4n) is 3.77. The van der Waals surface area contributed by atoms with Gasteiger partial charge in [-0.2, -0.15) is 0 Å². The second-order valence-corrected chi connectivity index (χ2v) is 7.65. The molecule has 3 rings (SSSR count). The van der Waals surface area contributed by atoms with Crippen LogP contribution in [0.25, 0.3) is 0 Å². The van der Waals surface area contributed by atoms with Crippen LogP contribution in [-0.2, 0) is 17.6 Å². The van der Waals surface area contributed by atoms with Crippen molar-refractivity contribution in [2.24, 2.45) is 0 Å². The molecular weight excluding hydrogens is 352 g/mol. The molecule has 0 fully saturated rings. The van der Waals surface area contributed by atoms with Crippen LogP contribution in [0, 0.1) is 6.92 Å². The first-order valence-corrected chi connectivity index (χ1v) is 10.3. The minimum Gasteiger partial charge on any atom is -0.481 e. The van der Waals surface area contributed by atoms with Crippen LogP contribution in [0.1, 0.15) is 73.5 Å². The molecule has 1 unspecified atom stereocenters. The minimum atomic E-state index is -0.766. The lowest BCUT2D eigenvalue weighted by molar-refractivity contribution is -0.137. The van der Waals surface area contributed by atoms with Gasteiger partial charge in [-0.05, 0) is 62.1 Å². The SMILES string of the molecule is Cc1ncc(C(CCCCCCc2ccc3c(n2)NCCC3)CC(=O)O)cn1. The highest BCUT2D eigenvalue weighted by Gasteiger charge is 2.16. The molecule has 0 saturated carbocycles. The zero-order chi connectivity index (χ0) is 19.8. The molecule has 6 nitrogen and oxygen atoms in total. The van der Waals surface area contributed by atoms with Gasteiger partial charge >= 0.3 is 5.97 Å². The lowest BCUT2D eigenvalue weighted by atomic mass is 9.92. The summed E-state index contributed by atoms with van der Waals surface area (Å²) in [7, 11) is 0. The lowest BCUT2D eigenvalue weighted by Gasteiger charge is -2.17. The smallest absolute Gasteiger partial charge is 0.303 e. The number of rotatable bonds is 10. The standard InChI is InChI=1S/C22H30N4O2/c1-16-24-14-19(15-25-16)18(13-21(27)28)7-4-2-3-5-9-20-11-10-17-8-6-12-23-22(17)26-20/h10-11,14-15,18H,2-9,12-13H2,1H3,(H,23,26)(H,27,28). The molecule has 1 aliphatic heterocycles. The molecule has 1 aliphatic rings. The summed E-state index contributed by atoms with van der Waals surface area (Å²) in [5.41, 5.74) is 3.42. The molecule has 0 aliphatic carbocycles. The molecule has 6 heteroatoms. The highest BCUT2D eigenvalue weighted by molar-refractivity contribution is 5.68. The lowest BCUT2D eigenvalue weighted by Crippen LogP contribution is -2.13. The number of nitrogens with one attached hydrogen (secondary N) is 1. The van der Waals surface area contributed by atoms with E-state index in [9.17, 15) is 9.90 Å². The second kappa shape index (κ2) is 10.2. The van der Waals surface area contributed by atoms with E-state index in [0.29, 0.717) is 5.82 Å². The fourth-order valence-corrected chi connectivity index (χ4v) is 3.77. The van der Waals surface area contributed by atoms with Crippen LogP contribution < -0.4 is 5.32 Å². The first kappa shape index (κ1) is 20.2. The summed E-state index contributed by atoms with van der Waals surface area (Å²) in [6, 6.07) is 4.37. The van der Waals surface area contributed by atoms with Crippen molar-refractivity contribution < 1.29 is 9.90 Å². The predicted molar refractivity (Wildman–Crippen MR) is 110 cm³/mol. The second-order valence-electron chi connectivity index (χ2n) is 7.65. The van der Waals surface area contributed by atoms with Crippen molar-refractivity contribution in [1.29, 1.82) is 0 Å². The molecule has 28 heavy (non-hydrogen) atoms. The number of carboxylic acids is 1. The van der Waals surface area contributed by atoms with Crippen molar-refractivity contribution in [1.82, 2.24) is 15.0 Å². The number of anilines is 1. The summed E-state index contributed by atoms with van der Waals surface area (Å²) in [5, 5.41) is 12.6. The van der Waals surface area contributed by atoms with Gasteiger partial charge in [-0.3, -0.25) is 4.79 Å². The number of pyridine rings is 1. The third kappa shape index (κ3) is 6.01. The van der Waals surface area contributed by atoms with Gasteiger partial charge in [0.15, 0.2) is 0 Å². The fraction of sp³-hybridized carbons (Fsp3) is 0.545. The van der Waals surface area contributed by atoms with Crippen LogP contribution in [0.5, 0.6) is 0 Å². The van der Waals surface area contributed by atoms with Gasteiger partial charge in [0.05, 0.1) is 6.42 Å². The quantitative estimate of drug-likeness (QED) is 0.596. The van der Waals surface area contributed by atoms with E-state index in [0.717, 1.165) is 68.6 Å². The van der Waals surface area contributed by atoms with Crippen molar-refractivity contribution in [2.45, 2.75) is 70.6 Å². The Morgan fingerprint density at radius 3 is 2.75 bits per heavy atom. The summed E-state index contributed by atoms with van der Waals surface area (Å²) in [4.78, 5) is 24.4. The van der Waals surface area contributed by atoms with Crippen molar-refractivity contribution in [2.75, 3.05) is 11.9 Å². The van der Waals surface area contributed by atoms with Gasteiger partial charge in [0.25, 0.3) is 0 Å². The van der Waals surface area contributed by atoms with Gasteiger partial charge < -0.3 is 10.4 Å². The Morgan fingerprint density at radius 1 is 1.18 bits per heavy atom. The maximum absolute atomic E-state index is 11.2. The van der Waals surface area contributed by atoms with Gasteiger partial charge in [0, 0.05) is 24.6 Å². The van der Waals surface area contributed by atoms with Crippen LogP contribution in [0.15, 0.2) is 24.5 Å². The summed E-state index contributed by atoms with van der Waals surface area (Å²) in [5.74, 6) is 1.01. The van der Waals surface area contributed by atoms with Crippen LogP contribution in [0.3, 0.4) is 0 Å². The van der Waals surface area contributed by atoms with Gasteiger partial charge in [-0.1, -0.05) is 25.3 Å². The molecule has 150 valence electrons. The van der Waals surface area contributed by atoms with Crippen LogP contribution >= 0.6 is 0 Å².